The maximum Gasteiger partial charge on any atom is 1.00 e. The normalized spacial score (nSPS) is 10.4. The van der Waals surface area contributed by atoms with Crippen molar-refractivity contribution >= 4 is 39.9 Å². The van der Waals surface area contributed by atoms with Gasteiger partial charge in [0.15, 0.2) is 5.43 Å². The number of carbonyl (C=O) groups excluding carboxylic acids is 1. The number of thiophene rings is 1. The van der Waals surface area contributed by atoms with Crippen LogP contribution < -0.4 is 40.1 Å². The van der Waals surface area contributed by atoms with Crippen molar-refractivity contribution in [3.05, 3.63) is 55.8 Å². The second kappa shape index (κ2) is 6.98. The standard InChI is InChI=1S/C15H9ClO4S.Na/c16-15-10(4-5-21-15)12-7-11(17)9-3-1-2-8(6-13(18)19)14(9)20-12;/h1-5,7H,6H2,(H,18,19);/q;+1/p-1. The third-order valence-corrected chi connectivity index (χ3v) is 4.22. The van der Waals surface area contributed by atoms with Crippen molar-refractivity contribution in [3.8, 4) is 11.3 Å². The van der Waals surface area contributed by atoms with Crippen LogP contribution in [0, 0.1) is 0 Å². The Morgan fingerprint density at radius 2 is 2.09 bits per heavy atom. The van der Waals surface area contributed by atoms with Gasteiger partial charge < -0.3 is 14.3 Å². The number of carbonyl (C=O) groups is 1. The molecule has 0 saturated carbocycles. The van der Waals surface area contributed by atoms with E-state index in [0.29, 0.717) is 26.6 Å². The van der Waals surface area contributed by atoms with Gasteiger partial charge in [0.05, 0.1) is 5.39 Å². The molecule has 0 atom stereocenters. The molecule has 3 rings (SSSR count). The van der Waals surface area contributed by atoms with Crippen molar-refractivity contribution in [3.63, 3.8) is 0 Å². The van der Waals surface area contributed by atoms with Gasteiger partial charge in [0.1, 0.15) is 15.7 Å². The minimum atomic E-state index is -1.23. The molecule has 0 unspecified atom stereocenters. The van der Waals surface area contributed by atoms with Crippen molar-refractivity contribution in [2.45, 2.75) is 6.42 Å². The summed E-state index contributed by atoms with van der Waals surface area (Å²) >= 11 is 7.38. The monoisotopic (exact) mass is 342 g/mol. The molecule has 106 valence electrons. The van der Waals surface area contributed by atoms with Crippen LogP contribution in [0.15, 0.2) is 44.9 Å². The molecular formula is C15H8ClNaO4S. The quantitative estimate of drug-likeness (QED) is 0.600. The van der Waals surface area contributed by atoms with Gasteiger partial charge in [-0.25, -0.2) is 0 Å². The van der Waals surface area contributed by atoms with Gasteiger partial charge in [-0.2, -0.15) is 0 Å². The van der Waals surface area contributed by atoms with Crippen molar-refractivity contribution in [1.29, 1.82) is 0 Å². The molecule has 0 aliphatic heterocycles. The number of halogens is 1. The van der Waals surface area contributed by atoms with Crippen LogP contribution in [-0.4, -0.2) is 5.97 Å². The summed E-state index contributed by atoms with van der Waals surface area (Å²) in [6.45, 7) is 0. The molecule has 0 bridgehead atoms. The number of para-hydroxylation sites is 1. The first-order chi connectivity index (χ1) is 10.1. The first kappa shape index (κ1) is 17.2. The van der Waals surface area contributed by atoms with Crippen LogP contribution in [-0.2, 0) is 11.2 Å². The fraction of sp³-hybridized carbons (Fsp3) is 0.0667. The molecule has 3 aromatic rings. The van der Waals surface area contributed by atoms with E-state index in [-0.39, 0.29) is 47.0 Å². The van der Waals surface area contributed by atoms with Gasteiger partial charge in [-0.15, -0.1) is 11.3 Å². The first-order valence-electron chi connectivity index (χ1n) is 6.05. The maximum atomic E-state index is 12.2. The molecule has 0 spiro atoms. The van der Waals surface area contributed by atoms with Gasteiger partial charge >= 0.3 is 29.6 Å². The zero-order valence-corrected chi connectivity index (χ0v) is 15.2. The first-order valence-corrected chi connectivity index (χ1v) is 7.31. The number of fused-ring (bicyclic) bond motifs is 1. The van der Waals surface area contributed by atoms with Crippen molar-refractivity contribution in [2.75, 3.05) is 0 Å². The molecule has 0 aliphatic carbocycles. The number of carboxylic acids is 1. The summed E-state index contributed by atoms with van der Waals surface area (Å²) in [5.74, 6) is -0.909. The van der Waals surface area contributed by atoms with E-state index < -0.39 is 5.97 Å². The summed E-state index contributed by atoms with van der Waals surface area (Å²) in [5.41, 5.74) is 1.03. The van der Waals surface area contributed by atoms with E-state index in [0.717, 1.165) is 0 Å². The predicted octanol–water partition coefficient (Wildman–Crippen LogP) is -0.529. The van der Waals surface area contributed by atoms with Crippen LogP contribution in [0.3, 0.4) is 0 Å². The number of hydrogen-bond acceptors (Lipinski definition) is 5. The largest absolute Gasteiger partial charge is 1.00 e. The summed E-state index contributed by atoms with van der Waals surface area (Å²) in [4.78, 5) is 23.0. The summed E-state index contributed by atoms with van der Waals surface area (Å²) in [5, 5.41) is 12.9. The Balaban J connectivity index is 0.00000176. The van der Waals surface area contributed by atoms with Crippen LogP contribution in [0.5, 0.6) is 0 Å². The Morgan fingerprint density at radius 1 is 1.32 bits per heavy atom. The third-order valence-electron chi connectivity index (χ3n) is 3.05. The summed E-state index contributed by atoms with van der Waals surface area (Å²) in [6, 6.07) is 7.92. The van der Waals surface area contributed by atoms with Gasteiger partial charge in [-0.1, -0.05) is 23.7 Å². The Hall–Kier alpha value is -1.11. The van der Waals surface area contributed by atoms with E-state index in [1.54, 1.807) is 29.6 Å². The number of benzene rings is 1. The van der Waals surface area contributed by atoms with E-state index in [9.17, 15) is 14.7 Å². The van der Waals surface area contributed by atoms with E-state index in [1.165, 1.54) is 17.4 Å². The number of hydrogen-bond donors (Lipinski definition) is 0. The Labute approximate surface area is 156 Å². The molecule has 7 heteroatoms. The van der Waals surface area contributed by atoms with Crippen molar-refractivity contribution in [2.24, 2.45) is 0 Å². The van der Waals surface area contributed by atoms with Crippen LogP contribution in [0.4, 0.5) is 0 Å². The Kier molecular flexibility index (Phi) is 5.47. The minimum absolute atomic E-state index is 0. The molecule has 0 aliphatic rings. The maximum absolute atomic E-state index is 12.2. The average Bonchev–Trinajstić information content (AvgIpc) is 2.85. The van der Waals surface area contributed by atoms with Crippen LogP contribution in [0.2, 0.25) is 4.34 Å². The Bertz CT molecular complexity index is 900. The Morgan fingerprint density at radius 3 is 2.73 bits per heavy atom. The fourth-order valence-electron chi connectivity index (χ4n) is 2.13. The second-order valence-electron chi connectivity index (χ2n) is 4.43. The molecule has 0 radical (unpaired) electrons. The molecule has 0 N–H and O–H groups in total. The number of rotatable bonds is 3. The van der Waals surface area contributed by atoms with E-state index in [4.69, 9.17) is 16.0 Å². The molecule has 2 heterocycles. The van der Waals surface area contributed by atoms with Crippen LogP contribution in [0.1, 0.15) is 5.56 Å². The molecule has 22 heavy (non-hydrogen) atoms. The summed E-state index contributed by atoms with van der Waals surface area (Å²) in [7, 11) is 0. The fourth-order valence-corrected chi connectivity index (χ4v) is 3.06. The topological polar surface area (TPSA) is 70.3 Å². The zero-order valence-electron chi connectivity index (χ0n) is 11.6. The van der Waals surface area contributed by atoms with Gasteiger partial charge in [-0.05, 0) is 17.5 Å². The molecule has 1 aromatic carbocycles. The molecule has 0 saturated heterocycles. The molecule has 4 nitrogen and oxygen atoms in total. The second-order valence-corrected chi connectivity index (χ2v) is 5.94. The van der Waals surface area contributed by atoms with Gasteiger partial charge in [-0.3, -0.25) is 4.79 Å². The third kappa shape index (κ3) is 3.29. The summed E-state index contributed by atoms with van der Waals surface area (Å²) < 4.78 is 6.24. The van der Waals surface area contributed by atoms with Crippen LogP contribution >= 0.6 is 22.9 Å². The van der Waals surface area contributed by atoms with Gasteiger partial charge in [0, 0.05) is 29.6 Å². The smallest absolute Gasteiger partial charge is 0.550 e. The predicted molar refractivity (Wildman–Crippen MR) is 79.5 cm³/mol. The van der Waals surface area contributed by atoms with Crippen molar-refractivity contribution < 1.29 is 43.9 Å². The number of carboxylic acid groups (broad SMARTS) is 1. The number of aliphatic carboxylic acids is 1. The average molecular weight is 343 g/mol. The SMILES string of the molecule is O=C([O-])Cc1cccc2c(=O)cc(-c3ccsc3Cl)oc12.[Na+]. The minimum Gasteiger partial charge on any atom is -0.550 e. The van der Waals surface area contributed by atoms with Crippen molar-refractivity contribution in [1.82, 2.24) is 0 Å². The van der Waals surface area contributed by atoms with Gasteiger partial charge in [0.2, 0.25) is 0 Å². The molecule has 2 aromatic heterocycles. The molecule has 0 amide bonds. The molecular weight excluding hydrogens is 335 g/mol. The van der Waals surface area contributed by atoms with E-state index in [1.807, 2.05) is 0 Å². The van der Waals surface area contributed by atoms with E-state index >= 15 is 0 Å². The van der Waals surface area contributed by atoms with Gasteiger partial charge in [0.25, 0.3) is 0 Å². The molecule has 0 fully saturated rings. The van der Waals surface area contributed by atoms with E-state index in [2.05, 4.69) is 0 Å². The summed E-state index contributed by atoms with van der Waals surface area (Å²) in [6.07, 6.45) is -0.318. The zero-order chi connectivity index (χ0) is 15.0. The van der Waals surface area contributed by atoms with Crippen LogP contribution in [0.25, 0.3) is 22.3 Å².